The van der Waals surface area contributed by atoms with Gasteiger partial charge in [0.2, 0.25) is 0 Å². The average Bonchev–Trinajstić information content (AvgIpc) is 2.65. The molecule has 2 aromatic rings. The van der Waals surface area contributed by atoms with Crippen LogP contribution in [0.25, 0.3) is 0 Å². The SMILES string of the molecule is COC(=O)c1ccc(CNC(=O)C[NH+](C)Cc2ccc(C(F)(F)F)cc2)cc1. The molecule has 0 fully saturated rings. The third-order valence-corrected chi connectivity index (χ3v) is 4.11. The highest BCUT2D eigenvalue weighted by atomic mass is 19.4. The maximum atomic E-state index is 12.6. The average molecular weight is 395 g/mol. The van der Waals surface area contributed by atoms with Crippen LogP contribution < -0.4 is 10.2 Å². The number of hydrogen-bond donors (Lipinski definition) is 2. The molecule has 0 aliphatic rings. The smallest absolute Gasteiger partial charge is 0.416 e. The zero-order valence-electron chi connectivity index (χ0n) is 15.6. The first-order valence-corrected chi connectivity index (χ1v) is 8.60. The highest BCUT2D eigenvalue weighted by molar-refractivity contribution is 5.89. The highest BCUT2D eigenvalue weighted by Gasteiger charge is 2.30. The van der Waals surface area contributed by atoms with Gasteiger partial charge in [0, 0.05) is 12.1 Å². The van der Waals surface area contributed by atoms with E-state index >= 15 is 0 Å². The van der Waals surface area contributed by atoms with E-state index in [1.807, 2.05) is 0 Å². The van der Waals surface area contributed by atoms with Crippen molar-refractivity contribution in [2.45, 2.75) is 19.3 Å². The summed E-state index contributed by atoms with van der Waals surface area (Å²) in [4.78, 5) is 24.3. The number of halogens is 3. The topological polar surface area (TPSA) is 59.8 Å². The number of rotatable bonds is 7. The van der Waals surface area contributed by atoms with Gasteiger partial charge in [0.15, 0.2) is 6.54 Å². The van der Waals surface area contributed by atoms with Gasteiger partial charge in [-0.25, -0.2) is 4.79 Å². The summed E-state index contributed by atoms with van der Waals surface area (Å²) < 4.78 is 42.4. The van der Waals surface area contributed by atoms with Crippen molar-refractivity contribution in [3.8, 4) is 0 Å². The zero-order chi connectivity index (χ0) is 20.7. The van der Waals surface area contributed by atoms with Crippen LogP contribution in [-0.4, -0.2) is 32.6 Å². The van der Waals surface area contributed by atoms with Crippen molar-refractivity contribution in [1.82, 2.24) is 5.32 Å². The largest absolute Gasteiger partial charge is 0.465 e. The van der Waals surface area contributed by atoms with E-state index in [2.05, 4.69) is 10.1 Å². The Bertz CT molecular complexity index is 803. The van der Waals surface area contributed by atoms with Crippen LogP contribution in [0.1, 0.15) is 27.0 Å². The molecule has 150 valence electrons. The minimum atomic E-state index is -4.35. The summed E-state index contributed by atoms with van der Waals surface area (Å²) in [6.45, 7) is 0.925. The van der Waals surface area contributed by atoms with E-state index in [0.717, 1.165) is 28.2 Å². The van der Waals surface area contributed by atoms with Gasteiger partial charge in [-0.1, -0.05) is 24.3 Å². The predicted molar refractivity (Wildman–Crippen MR) is 96.5 cm³/mol. The van der Waals surface area contributed by atoms with Crippen LogP contribution in [0.5, 0.6) is 0 Å². The number of benzene rings is 2. The molecule has 0 aliphatic heterocycles. The number of carbonyl (C=O) groups excluding carboxylic acids is 2. The first kappa shape index (κ1) is 21.4. The van der Waals surface area contributed by atoms with E-state index in [1.165, 1.54) is 19.2 Å². The van der Waals surface area contributed by atoms with E-state index in [4.69, 9.17) is 0 Å². The fraction of sp³-hybridized carbons (Fsp3) is 0.300. The molecular weight excluding hydrogens is 373 g/mol. The molecule has 28 heavy (non-hydrogen) atoms. The third kappa shape index (κ3) is 6.38. The Kier molecular flexibility index (Phi) is 7.17. The number of likely N-dealkylation sites (N-methyl/N-ethyl adjacent to an activating group) is 1. The summed E-state index contributed by atoms with van der Waals surface area (Å²) in [5, 5.41) is 2.78. The third-order valence-electron chi connectivity index (χ3n) is 4.11. The van der Waals surface area contributed by atoms with Crippen molar-refractivity contribution in [3.63, 3.8) is 0 Å². The van der Waals surface area contributed by atoms with Gasteiger partial charge in [0.1, 0.15) is 6.54 Å². The van der Waals surface area contributed by atoms with Crippen molar-refractivity contribution < 1.29 is 32.4 Å². The first-order chi connectivity index (χ1) is 13.2. The molecule has 1 atom stereocenters. The molecule has 1 amide bonds. The molecule has 0 heterocycles. The molecule has 2 rings (SSSR count). The molecule has 1 unspecified atom stereocenters. The second-order valence-electron chi connectivity index (χ2n) is 6.47. The lowest BCUT2D eigenvalue weighted by Gasteiger charge is -2.14. The molecular formula is C20H22F3N2O3+. The molecule has 0 aliphatic carbocycles. The molecule has 0 bridgehead atoms. The Labute approximate surface area is 161 Å². The van der Waals surface area contributed by atoms with Gasteiger partial charge in [0.25, 0.3) is 5.91 Å². The second-order valence-corrected chi connectivity index (χ2v) is 6.47. The maximum Gasteiger partial charge on any atom is 0.416 e. The van der Waals surface area contributed by atoms with Crippen molar-refractivity contribution in [2.24, 2.45) is 0 Å². The normalized spacial score (nSPS) is 12.3. The lowest BCUT2D eigenvalue weighted by atomic mass is 10.1. The number of amides is 1. The fourth-order valence-electron chi connectivity index (χ4n) is 2.64. The van der Waals surface area contributed by atoms with Crippen molar-refractivity contribution in [3.05, 3.63) is 70.8 Å². The van der Waals surface area contributed by atoms with Crippen LogP contribution in [0.3, 0.4) is 0 Å². The number of quaternary nitrogens is 1. The number of ether oxygens (including phenoxy) is 1. The summed E-state index contributed by atoms with van der Waals surface area (Å²) in [5.74, 6) is -0.606. The summed E-state index contributed by atoms with van der Waals surface area (Å²) in [5.41, 5.74) is 1.29. The number of carbonyl (C=O) groups is 2. The van der Waals surface area contributed by atoms with Gasteiger partial charge in [-0.15, -0.1) is 0 Å². The summed E-state index contributed by atoms with van der Waals surface area (Å²) in [6, 6.07) is 11.6. The van der Waals surface area contributed by atoms with E-state index in [9.17, 15) is 22.8 Å². The monoisotopic (exact) mass is 395 g/mol. The van der Waals surface area contributed by atoms with E-state index in [1.54, 1.807) is 31.3 Å². The number of alkyl halides is 3. The van der Waals surface area contributed by atoms with Crippen LogP contribution in [0.2, 0.25) is 0 Å². The van der Waals surface area contributed by atoms with Gasteiger partial charge in [-0.05, 0) is 29.8 Å². The molecule has 0 aromatic heterocycles. The van der Waals surface area contributed by atoms with E-state index in [0.29, 0.717) is 18.7 Å². The van der Waals surface area contributed by atoms with Crippen molar-refractivity contribution >= 4 is 11.9 Å². The number of nitrogens with one attached hydrogen (secondary N) is 2. The number of hydrogen-bond acceptors (Lipinski definition) is 3. The van der Waals surface area contributed by atoms with Gasteiger partial charge >= 0.3 is 12.1 Å². The van der Waals surface area contributed by atoms with Crippen LogP contribution in [0.4, 0.5) is 13.2 Å². The van der Waals surface area contributed by atoms with Gasteiger partial charge in [-0.2, -0.15) is 13.2 Å². The summed E-state index contributed by atoms with van der Waals surface area (Å²) >= 11 is 0. The lowest BCUT2D eigenvalue weighted by molar-refractivity contribution is -0.885. The molecule has 8 heteroatoms. The quantitative estimate of drug-likeness (QED) is 0.704. The highest BCUT2D eigenvalue weighted by Crippen LogP contribution is 2.28. The molecule has 0 saturated heterocycles. The van der Waals surface area contributed by atoms with Crippen LogP contribution in [0, 0.1) is 0 Å². The molecule has 0 radical (unpaired) electrons. The lowest BCUT2D eigenvalue weighted by Crippen LogP contribution is -3.08. The molecule has 5 nitrogen and oxygen atoms in total. The zero-order valence-corrected chi connectivity index (χ0v) is 15.6. The second kappa shape index (κ2) is 9.36. The van der Waals surface area contributed by atoms with Gasteiger partial charge in [0.05, 0.1) is 25.3 Å². The van der Waals surface area contributed by atoms with Crippen LogP contribution >= 0.6 is 0 Å². The fourth-order valence-corrected chi connectivity index (χ4v) is 2.64. The Morgan fingerprint density at radius 1 is 1.00 bits per heavy atom. The molecule has 0 spiro atoms. The Morgan fingerprint density at radius 2 is 1.57 bits per heavy atom. The standard InChI is InChI=1S/C20H21F3N2O3/c1-25(12-15-5-9-17(10-6-15)20(21,22)23)13-18(26)24-11-14-3-7-16(8-4-14)19(27)28-2/h3-10H,11-13H2,1-2H3,(H,24,26)/p+1. The summed E-state index contributed by atoms with van der Waals surface area (Å²) in [7, 11) is 3.10. The van der Waals surface area contributed by atoms with E-state index < -0.39 is 17.7 Å². The minimum Gasteiger partial charge on any atom is -0.465 e. The van der Waals surface area contributed by atoms with Crippen molar-refractivity contribution in [1.29, 1.82) is 0 Å². The first-order valence-electron chi connectivity index (χ1n) is 8.60. The molecule has 2 aromatic carbocycles. The minimum absolute atomic E-state index is 0.179. The van der Waals surface area contributed by atoms with Gasteiger partial charge in [-0.3, -0.25) is 4.79 Å². The Balaban J connectivity index is 1.80. The summed E-state index contributed by atoms with van der Waals surface area (Å²) in [6.07, 6.45) is -4.35. The Hall–Kier alpha value is -2.87. The molecule has 0 saturated carbocycles. The van der Waals surface area contributed by atoms with Crippen LogP contribution in [0.15, 0.2) is 48.5 Å². The van der Waals surface area contributed by atoms with Crippen molar-refractivity contribution in [2.75, 3.05) is 20.7 Å². The maximum absolute atomic E-state index is 12.6. The number of esters is 1. The predicted octanol–water partition coefficient (Wildman–Crippen LogP) is 1.82. The van der Waals surface area contributed by atoms with E-state index in [-0.39, 0.29) is 12.5 Å². The van der Waals surface area contributed by atoms with Crippen LogP contribution in [-0.2, 0) is 28.8 Å². The Morgan fingerprint density at radius 3 is 2.11 bits per heavy atom. The van der Waals surface area contributed by atoms with Gasteiger partial charge < -0.3 is 15.0 Å². The number of methoxy groups -OCH3 is 1. The molecule has 2 N–H and O–H groups in total.